The Kier molecular flexibility index (Phi) is 4.06. The second-order valence-corrected chi connectivity index (χ2v) is 3.28. The van der Waals surface area contributed by atoms with E-state index in [2.05, 4.69) is 5.32 Å². The van der Waals surface area contributed by atoms with Crippen molar-refractivity contribution in [2.75, 3.05) is 11.9 Å². The molecule has 1 rings (SSSR count). The highest BCUT2D eigenvalue weighted by molar-refractivity contribution is 5.90. The fraction of sp³-hybridized carbons (Fsp3) is 0.300. The summed E-state index contributed by atoms with van der Waals surface area (Å²) in [6.45, 7) is 0.0825. The summed E-state index contributed by atoms with van der Waals surface area (Å²) < 4.78 is 49.9. The molecule has 0 radical (unpaired) electrons. The van der Waals surface area contributed by atoms with Crippen LogP contribution in [0.3, 0.4) is 0 Å². The van der Waals surface area contributed by atoms with Gasteiger partial charge >= 0.3 is 6.18 Å². The van der Waals surface area contributed by atoms with Crippen LogP contribution in [0.25, 0.3) is 0 Å². The van der Waals surface area contributed by atoms with Gasteiger partial charge in [0.2, 0.25) is 5.91 Å². The number of nitrogens with one attached hydrogen (secondary N) is 1. The Bertz CT molecular complexity index is 417. The highest BCUT2D eigenvalue weighted by Gasteiger charge is 2.34. The van der Waals surface area contributed by atoms with Crippen molar-refractivity contribution in [3.63, 3.8) is 0 Å². The molecule has 1 amide bonds. The summed E-state index contributed by atoms with van der Waals surface area (Å²) in [6.07, 6.45) is -4.81. The topological polar surface area (TPSA) is 55.1 Å². The molecule has 7 heteroatoms. The zero-order chi connectivity index (χ0) is 13.1. The minimum Gasteiger partial charge on any atom is -0.330 e. The zero-order valence-corrected chi connectivity index (χ0v) is 8.64. The lowest BCUT2D eigenvalue weighted by molar-refractivity contribution is -0.140. The van der Waals surface area contributed by atoms with Crippen LogP contribution < -0.4 is 11.1 Å². The maximum absolute atomic E-state index is 12.9. The number of carbonyl (C=O) groups excluding carboxylic acids is 1. The molecule has 0 spiro atoms. The van der Waals surface area contributed by atoms with Crippen LogP contribution in [0.1, 0.15) is 12.0 Å². The highest BCUT2D eigenvalue weighted by Crippen LogP contribution is 2.32. The molecule has 3 N–H and O–H groups in total. The average molecular weight is 250 g/mol. The lowest BCUT2D eigenvalue weighted by Crippen LogP contribution is -2.17. The number of hydrogen-bond acceptors (Lipinski definition) is 2. The number of rotatable bonds is 3. The van der Waals surface area contributed by atoms with Crippen molar-refractivity contribution < 1.29 is 22.4 Å². The van der Waals surface area contributed by atoms with Crippen molar-refractivity contribution in [2.24, 2.45) is 5.73 Å². The van der Waals surface area contributed by atoms with Gasteiger partial charge in [-0.25, -0.2) is 4.39 Å². The first-order valence-corrected chi connectivity index (χ1v) is 4.71. The van der Waals surface area contributed by atoms with E-state index in [1.165, 1.54) is 0 Å². The summed E-state index contributed by atoms with van der Waals surface area (Å²) in [5.74, 6) is -1.90. The van der Waals surface area contributed by atoms with Gasteiger partial charge in [-0.2, -0.15) is 13.2 Å². The van der Waals surface area contributed by atoms with E-state index in [9.17, 15) is 22.4 Å². The number of anilines is 1. The quantitative estimate of drug-likeness (QED) is 0.807. The van der Waals surface area contributed by atoms with Gasteiger partial charge in [-0.1, -0.05) is 0 Å². The molecule has 0 aliphatic heterocycles. The first kappa shape index (κ1) is 13.4. The van der Waals surface area contributed by atoms with E-state index in [0.717, 1.165) is 6.07 Å². The molecule has 3 nitrogen and oxygen atoms in total. The molecule has 0 fully saturated rings. The molecular formula is C10H10F4N2O. The van der Waals surface area contributed by atoms with Gasteiger partial charge in [-0.05, 0) is 18.2 Å². The van der Waals surface area contributed by atoms with Crippen LogP contribution in [0.5, 0.6) is 0 Å². The van der Waals surface area contributed by atoms with Crippen LogP contribution in [-0.4, -0.2) is 12.5 Å². The number of nitrogens with two attached hydrogens (primary N) is 1. The molecule has 17 heavy (non-hydrogen) atoms. The average Bonchev–Trinajstić information content (AvgIpc) is 2.19. The van der Waals surface area contributed by atoms with Gasteiger partial charge in [0.15, 0.2) is 0 Å². The molecule has 0 heterocycles. The van der Waals surface area contributed by atoms with Crippen LogP contribution in [0.4, 0.5) is 23.2 Å². The third-order valence-electron chi connectivity index (χ3n) is 1.93. The summed E-state index contributed by atoms with van der Waals surface area (Å²) in [4.78, 5) is 11.1. The van der Waals surface area contributed by atoms with E-state index in [-0.39, 0.29) is 18.7 Å². The van der Waals surface area contributed by atoms with E-state index in [1.807, 2.05) is 0 Å². The monoisotopic (exact) mass is 250 g/mol. The molecule has 0 unspecified atom stereocenters. The van der Waals surface area contributed by atoms with Crippen LogP contribution in [0.15, 0.2) is 18.2 Å². The van der Waals surface area contributed by atoms with E-state index in [0.29, 0.717) is 12.1 Å². The fourth-order valence-electron chi connectivity index (χ4n) is 1.17. The lowest BCUT2D eigenvalue weighted by atomic mass is 10.1. The van der Waals surface area contributed by atoms with Gasteiger partial charge in [0.05, 0.1) is 5.56 Å². The number of benzene rings is 1. The van der Waals surface area contributed by atoms with Gasteiger partial charge in [0.25, 0.3) is 0 Å². The Hall–Kier alpha value is -1.63. The molecule has 0 aliphatic rings. The Morgan fingerprint density at radius 3 is 2.53 bits per heavy atom. The fourth-order valence-corrected chi connectivity index (χ4v) is 1.17. The number of halogens is 4. The Morgan fingerprint density at radius 2 is 2.00 bits per heavy atom. The predicted octanol–water partition coefficient (Wildman–Crippen LogP) is 2.13. The molecule has 1 aromatic rings. The standard InChI is InChI=1S/C10H10F4N2O/c11-8-2-1-6(16-9(17)3-4-15)5-7(8)10(12,13)14/h1-2,5H,3-4,15H2,(H,16,17). The first-order valence-electron chi connectivity index (χ1n) is 4.71. The summed E-state index contributed by atoms with van der Waals surface area (Å²) in [7, 11) is 0. The summed E-state index contributed by atoms with van der Waals surface area (Å²) >= 11 is 0. The molecule has 0 aliphatic carbocycles. The number of amides is 1. The molecule has 94 valence electrons. The number of carbonyl (C=O) groups is 1. The van der Waals surface area contributed by atoms with Crippen molar-refractivity contribution in [3.05, 3.63) is 29.6 Å². The van der Waals surface area contributed by atoms with Crippen LogP contribution in [0.2, 0.25) is 0 Å². The second kappa shape index (κ2) is 5.13. The molecule has 0 saturated heterocycles. The van der Waals surface area contributed by atoms with E-state index in [1.54, 1.807) is 0 Å². The van der Waals surface area contributed by atoms with E-state index < -0.39 is 23.5 Å². The van der Waals surface area contributed by atoms with Gasteiger partial charge in [-0.15, -0.1) is 0 Å². The van der Waals surface area contributed by atoms with E-state index >= 15 is 0 Å². The Morgan fingerprint density at radius 1 is 1.35 bits per heavy atom. The minimum absolute atomic E-state index is 0.0152. The summed E-state index contributed by atoms with van der Waals surface area (Å²) in [5, 5.41) is 2.20. The van der Waals surface area contributed by atoms with Crippen LogP contribution in [-0.2, 0) is 11.0 Å². The normalized spacial score (nSPS) is 11.4. The summed E-state index contributed by atoms with van der Waals surface area (Å²) in [5.41, 5.74) is 3.58. The van der Waals surface area contributed by atoms with Crippen LogP contribution >= 0.6 is 0 Å². The largest absolute Gasteiger partial charge is 0.419 e. The van der Waals surface area contributed by atoms with Crippen molar-refractivity contribution in [2.45, 2.75) is 12.6 Å². The maximum Gasteiger partial charge on any atom is 0.419 e. The maximum atomic E-state index is 12.9. The van der Waals surface area contributed by atoms with Gasteiger partial charge in [0.1, 0.15) is 5.82 Å². The van der Waals surface area contributed by atoms with Crippen LogP contribution in [0, 0.1) is 5.82 Å². The third-order valence-corrected chi connectivity index (χ3v) is 1.93. The van der Waals surface area contributed by atoms with Gasteiger partial charge in [0, 0.05) is 18.7 Å². The third kappa shape index (κ3) is 3.70. The number of alkyl halides is 3. The smallest absolute Gasteiger partial charge is 0.330 e. The second-order valence-electron chi connectivity index (χ2n) is 3.28. The highest BCUT2D eigenvalue weighted by atomic mass is 19.4. The lowest BCUT2D eigenvalue weighted by Gasteiger charge is -2.10. The summed E-state index contributed by atoms with van der Waals surface area (Å²) in [6, 6.07) is 2.25. The SMILES string of the molecule is NCCC(=O)Nc1ccc(F)c(C(F)(F)F)c1. The molecule has 0 saturated carbocycles. The molecule has 0 atom stereocenters. The van der Waals surface area contributed by atoms with Crippen molar-refractivity contribution in [1.29, 1.82) is 0 Å². The molecule has 0 aromatic heterocycles. The first-order chi connectivity index (χ1) is 7.84. The van der Waals surface area contributed by atoms with Gasteiger partial charge in [-0.3, -0.25) is 4.79 Å². The Labute approximate surface area is 94.6 Å². The molecule has 1 aromatic carbocycles. The predicted molar refractivity (Wildman–Crippen MR) is 53.7 cm³/mol. The minimum atomic E-state index is -4.79. The van der Waals surface area contributed by atoms with Gasteiger partial charge < -0.3 is 11.1 Å². The van der Waals surface area contributed by atoms with E-state index in [4.69, 9.17) is 5.73 Å². The molecular weight excluding hydrogens is 240 g/mol. The number of hydrogen-bond donors (Lipinski definition) is 2. The van der Waals surface area contributed by atoms with Crippen molar-refractivity contribution in [3.8, 4) is 0 Å². The molecule has 0 bridgehead atoms. The Balaban J connectivity index is 2.93. The van der Waals surface area contributed by atoms with Crippen molar-refractivity contribution in [1.82, 2.24) is 0 Å². The zero-order valence-electron chi connectivity index (χ0n) is 8.64. The van der Waals surface area contributed by atoms with Crippen molar-refractivity contribution >= 4 is 11.6 Å².